The van der Waals surface area contributed by atoms with E-state index in [2.05, 4.69) is 331 Å². The van der Waals surface area contributed by atoms with Crippen LogP contribution in [0.1, 0.15) is 150 Å². The normalized spacial score (nSPS) is 12.7. The van der Waals surface area contributed by atoms with Crippen LogP contribution in [0.15, 0.2) is 309 Å². The molecule has 14 aromatic rings. The third kappa shape index (κ3) is 17.3. The number of carbonyl (C=O) groups is 1. The molecule has 1 radical (unpaired) electrons. The molecule has 0 aliphatic heterocycles. The van der Waals surface area contributed by atoms with Crippen molar-refractivity contribution in [2.75, 3.05) is 0 Å². The van der Waals surface area contributed by atoms with Crippen molar-refractivity contribution in [2.24, 2.45) is 0 Å². The Morgan fingerprint density at radius 3 is 1.22 bits per heavy atom. The van der Waals surface area contributed by atoms with Crippen molar-refractivity contribution < 1.29 is 30.0 Å². The Bertz CT molecular complexity index is 5140. The Hall–Kier alpha value is -10.7. The molecule has 5 heteroatoms. The monoisotopic (exact) mass is 1590 g/mol. The predicted molar refractivity (Wildman–Crippen MR) is 451 cm³/mol. The molecule has 12 aromatic carbocycles. The summed E-state index contributed by atoms with van der Waals surface area (Å²) in [6, 6.07) is 112. The van der Waals surface area contributed by atoms with Gasteiger partial charge in [-0.05, 0) is 193 Å². The smallest absolute Gasteiger partial charge is 0.158 e. The zero-order valence-electron chi connectivity index (χ0n) is 63.4. The minimum atomic E-state index is -0.0688. The molecule has 4 nitrogen and oxygen atoms in total. The third-order valence-electron chi connectivity index (χ3n) is 22.1. The molecule has 0 fully saturated rings. The number of carbonyl (C=O) groups excluding carboxylic acids is 1. The third-order valence-corrected chi connectivity index (χ3v) is 22.1. The minimum absolute atomic E-state index is 0. The average Bonchev–Trinajstić information content (AvgIpc) is 1.55. The number of aromatic nitrogens is 2. The summed E-state index contributed by atoms with van der Waals surface area (Å²) in [4.78, 5) is 21.1. The number of aryl methyl sites for hydroxylation is 4. The van der Waals surface area contributed by atoms with E-state index >= 15 is 0 Å². The van der Waals surface area contributed by atoms with E-state index in [-0.39, 0.29) is 42.5 Å². The number of unbranched alkanes of at least 4 members (excludes halogenated alkanes) is 6. The van der Waals surface area contributed by atoms with E-state index < -0.39 is 0 Å². The van der Waals surface area contributed by atoms with Crippen molar-refractivity contribution in [3.63, 3.8) is 0 Å². The number of ketones is 1. The van der Waals surface area contributed by atoms with Crippen molar-refractivity contribution in [3.05, 3.63) is 360 Å². The number of hydrogen-bond acceptors (Lipinski definition) is 4. The number of aliphatic hydroxyl groups excluding tert-OH is 1. The maximum atomic E-state index is 10.5. The maximum absolute atomic E-state index is 10.5. The van der Waals surface area contributed by atoms with Crippen molar-refractivity contribution in [1.29, 1.82) is 0 Å². The fraction of sp³-hybridized carbons (Fsp3) is 0.214. The first-order valence-electron chi connectivity index (χ1n) is 38.9. The second-order valence-corrected chi connectivity index (χ2v) is 30.1. The summed E-state index contributed by atoms with van der Waals surface area (Å²) in [7, 11) is 0. The Kier molecular flexibility index (Phi) is 24.4. The van der Waals surface area contributed by atoms with Gasteiger partial charge in [0.2, 0.25) is 0 Å². The molecular formula is C103H97IrN2O2-. The van der Waals surface area contributed by atoms with E-state index in [1.807, 2.05) is 0 Å². The zero-order valence-corrected chi connectivity index (χ0v) is 65.7. The fourth-order valence-corrected chi connectivity index (χ4v) is 16.0. The molecule has 108 heavy (non-hydrogen) atoms. The molecule has 16 rings (SSSR count). The van der Waals surface area contributed by atoms with E-state index in [0.717, 1.165) is 46.4 Å². The second kappa shape index (κ2) is 34.9. The van der Waals surface area contributed by atoms with E-state index in [4.69, 9.17) is 15.1 Å². The molecule has 1 N–H and O–H groups in total. The molecular weight excluding hydrogens is 1490 g/mol. The predicted octanol–water partition coefficient (Wildman–Crippen LogP) is 27.4. The Morgan fingerprint density at radius 1 is 0.343 bits per heavy atom. The Balaban J connectivity index is 0.000000170. The number of pyridine rings is 2. The molecule has 2 aromatic heterocycles. The number of fused-ring (bicyclic) bond motifs is 8. The van der Waals surface area contributed by atoms with Crippen LogP contribution in [0.2, 0.25) is 0 Å². The van der Waals surface area contributed by atoms with Gasteiger partial charge in [0.1, 0.15) is 0 Å². The molecule has 541 valence electrons. The summed E-state index contributed by atoms with van der Waals surface area (Å²) >= 11 is 0. The van der Waals surface area contributed by atoms with Gasteiger partial charge in [-0.15, -0.1) is 29.3 Å². The van der Waals surface area contributed by atoms with Crippen LogP contribution in [0.25, 0.3) is 111 Å². The quantitative estimate of drug-likeness (QED) is 0.0300. The fourth-order valence-electron chi connectivity index (χ4n) is 16.0. The van der Waals surface area contributed by atoms with Gasteiger partial charge >= 0.3 is 0 Å². The van der Waals surface area contributed by atoms with Gasteiger partial charge in [0.25, 0.3) is 0 Å². The van der Waals surface area contributed by atoms with E-state index in [0.29, 0.717) is 12.8 Å². The number of allylic oxidation sites excluding steroid dienone is 2. The van der Waals surface area contributed by atoms with E-state index in [9.17, 15) is 4.79 Å². The number of rotatable bonds is 23. The van der Waals surface area contributed by atoms with Gasteiger partial charge in [-0.2, -0.15) is 0 Å². The SMILES string of the molecule is CC1(C)c2ccccc2-c2c[c-]c(-c3cc(-c4ccccc4)c4cc(-c5cccc(CCCCCCc6ccccc6)c5)ccc4n3)cc21.CC1(C)c2ccccc2-c2ccc(-c3cc(-c4ccccc4)c4cc(-c5cccc(CCCCCCc6ccccc6)c5)ccc4n3)cc21.CCC(=O)C=C(O)CC.[Ir]. The van der Waals surface area contributed by atoms with Gasteiger partial charge in [0.05, 0.1) is 22.5 Å². The molecule has 0 unspecified atom stereocenters. The van der Waals surface area contributed by atoms with Gasteiger partial charge in [-0.3, -0.25) is 9.78 Å². The molecule has 0 bridgehead atoms. The largest absolute Gasteiger partial charge is 0.512 e. The molecule has 2 aliphatic carbocycles. The molecule has 2 aliphatic rings. The first-order chi connectivity index (χ1) is 52.3. The van der Waals surface area contributed by atoms with Crippen LogP contribution in [-0.2, 0) is 61.4 Å². The molecule has 0 amide bonds. The molecule has 0 saturated carbocycles. The van der Waals surface area contributed by atoms with Crippen LogP contribution in [0.3, 0.4) is 0 Å². The van der Waals surface area contributed by atoms with Gasteiger partial charge < -0.3 is 5.11 Å². The van der Waals surface area contributed by atoms with Crippen molar-refractivity contribution >= 4 is 27.6 Å². The van der Waals surface area contributed by atoms with Gasteiger partial charge in [-0.25, -0.2) is 4.98 Å². The number of hydrogen-bond donors (Lipinski definition) is 1. The van der Waals surface area contributed by atoms with Gasteiger partial charge in [-0.1, -0.05) is 327 Å². The van der Waals surface area contributed by atoms with Crippen LogP contribution in [0, 0.1) is 6.07 Å². The van der Waals surface area contributed by atoms with Crippen LogP contribution in [0.5, 0.6) is 0 Å². The summed E-state index contributed by atoms with van der Waals surface area (Å²) in [6.45, 7) is 12.9. The second-order valence-electron chi connectivity index (χ2n) is 30.1. The van der Waals surface area contributed by atoms with Crippen LogP contribution >= 0.6 is 0 Å². The summed E-state index contributed by atoms with van der Waals surface area (Å²) in [5, 5.41) is 11.2. The standard InChI is InChI=1S/C48H43N.C48H42N.C7H12O2.Ir/c2*1-48(2)44-25-14-13-24-40(44)41-28-26-39(32-45(41)48)47-33-42(36-21-11-6-12-22-36)43-31-38(27-29-46(43)49-47)37-23-15-20-35(30-37)19-8-4-3-7-16-34-17-9-5-10-18-34;1-3-6(8)5-7(9)4-2;/h5-6,9-15,17-18,20-33H,3-4,7-8,16,19H2,1-2H3;5-6,9-15,17-18,20-25,27-33H,3-4,7-8,16,19H2,1-2H3;5,8H,3-4H2,1-2H3;/q;-1;;. The van der Waals surface area contributed by atoms with Crippen molar-refractivity contribution in [1.82, 2.24) is 9.97 Å². The van der Waals surface area contributed by atoms with Crippen LogP contribution in [0.4, 0.5) is 0 Å². The van der Waals surface area contributed by atoms with E-state index in [1.165, 1.54) is 192 Å². The van der Waals surface area contributed by atoms with Crippen molar-refractivity contribution in [2.45, 2.75) is 142 Å². The summed E-state index contributed by atoms with van der Waals surface area (Å²) in [5.41, 5.74) is 32.4. The molecule has 0 spiro atoms. The topological polar surface area (TPSA) is 63.1 Å². The zero-order chi connectivity index (χ0) is 73.7. The van der Waals surface area contributed by atoms with Gasteiger partial charge in [0.15, 0.2) is 5.78 Å². The summed E-state index contributed by atoms with van der Waals surface area (Å²) in [5.74, 6) is 0.149. The molecule has 2 heterocycles. The summed E-state index contributed by atoms with van der Waals surface area (Å²) < 4.78 is 0. The number of nitrogens with zero attached hydrogens (tertiary/aromatic N) is 2. The first-order valence-corrected chi connectivity index (χ1v) is 38.9. The Morgan fingerprint density at radius 2 is 0.731 bits per heavy atom. The maximum Gasteiger partial charge on any atom is 0.158 e. The molecule has 0 saturated heterocycles. The van der Waals surface area contributed by atoms with Gasteiger partial charge in [0, 0.05) is 60.8 Å². The summed E-state index contributed by atoms with van der Waals surface area (Å²) in [6.07, 6.45) is 17.0. The average molecular weight is 1590 g/mol. The Labute approximate surface area is 654 Å². The van der Waals surface area contributed by atoms with Crippen molar-refractivity contribution in [3.8, 4) is 89.3 Å². The minimum Gasteiger partial charge on any atom is -0.512 e. The molecule has 0 atom stereocenters. The van der Waals surface area contributed by atoms with Crippen LogP contribution < -0.4 is 0 Å². The number of benzene rings is 12. The first kappa shape index (κ1) is 75.5. The van der Waals surface area contributed by atoms with Crippen LogP contribution in [-0.4, -0.2) is 20.9 Å². The van der Waals surface area contributed by atoms with E-state index in [1.54, 1.807) is 13.8 Å². The number of aliphatic hydroxyl groups is 1.